The summed E-state index contributed by atoms with van der Waals surface area (Å²) >= 11 is 8.31. The van der Waals surface area contributed by atoms with E-state index in [1.54, 1.807) is 6.07 Å². The van der Waals surface area contributed by atoms with Crippen LogP contribution in [0.5, 0.6) is 11.5 Å². The van der Waals surface area contributed by atoms with Gasteiger partial charge in [0.1, 0.15) is 11.5 Å². The van der Waals surface area contributed by atoms with Gasteiger partial charge in [-0.25, -0.2) is 0 Å². The number of hydrogen-bond acceptors (Lipinski definition) is 2. The lowest BCUT2D eigenvalue weighted by atomic mass is 10.2. The highest BCUT2D eigenvalue weighted by Crippen LogP contribution is 2.29. The molecule has 0 aliphatic heterocycles. The van der Waals surface area contributed by atoms with Gasteiger partial charge in [-0.05, 0) is 52.4 Å². The van der Waals surface area contributed by atoms with Crippen LogP contribution < -0.4 is 10.5 Å². The Labute approximate surface area is 119 Å². The zero-order valence-corrected chi connectivity index (χ0v) is 11.9. The van der Waals surface area contributed by atoms with Crippen molar-refractivity contribution in [1.82, 2.24) is 0 Å². The fraction of sp³-hybridized carbons (Fsp3) is 0.0769. The number of benzene rings is 2. The Morgan fingerprint density at radius 3 is 2.59 bits per heavy atom. The van der Waals surface area contributed by atoms with Crippen molar-refractivity contribution in [2.45, 2.75) is 6.54 Å². The predicted molar refractivity (Wildman–Crippen MR) is 78.6 cm³/mol. The van der Waals surface area contributed by atoms with Gasteiger partial charge in [0, 0.05) is 11.6 Å². The molecule has 17 heavy (non-hydrogen) atoms. The highest BCUT2D eigenvalue weighted by Gasteiger charge is 2.04. The summed E-state index contributed by atoms with van der Waals surface area (Å²) < 4.78 is 6.82. The first-order chi connectivity index (χ1) is 8.20. The molecule has 2 nitrogen and oxygen atoms in total. The molecule has 0 aliphatic carbocycles. The molecule has 0 aromatic heterocycles. The highest BCUT2D eigenvalue weighted by molar-refractivity contribution is 14.1. The Balaban J connectivity index is 2.25. The third-order valence-electron chi connectivity index (χ3n) is 2.31. The average molecular weight is 360 g/mol. The molecule has 0 amide bonds. The smallest absolute Gasteiger partial charge is 0.140 e. The maximum Gasteiger partial charge on any atom is 0.140 e. The molecule has 0 unspecified atom stereocenters. The molecule has 2 aromatic rings. The number of hydrogen-bond donors (Lipinski definition) is 1. The molecule has 2 N–H and O–H groups in total. The van der Waals surface area contributed by atoms with E-state index in [1.165, 1.54) is 0 Å². The van der Waals surface area contributed by atoms with Gasteiger partial charge in [0.2, 0.25) is 0 Å². The topological polar surface area (TPSA) is 35.2 Å². The minimum absolute atomic E-state index is 0.433. The fourth-order valence-corrected chi connectivity index (χ4v) is 2.16. The molecule has 0 heterocycles. The highest BCUT2D eigenvalue weighted by atomic mass is 127. The van der Waals surface area contributed by atoms with Crippen LogP contribution >= 0.6 is 34.2 Å². The summed E-state index contributed by atoms with van der Waals surface area (Å²) in [6.07, 6.45) is 0. The zero-order chi connectivity index (χ0) is 12.3. The van der Waals surface area contributed by atoms with E-state index in [2.05, 4.69) is 22.6 Å². The first-order valence-corrected chi connectivity index (χ1v) is 6.57. The van der Waals surface area contributed by atoms with Crippen LogP contribution in [0, 0.1) is 3.57 Å². The van der Waals surface area contributed by atoms with Gasteiger partial charge in [0.15, 0.2) is 0 Å². The number of para-hydroxylation sites is 1. The summed E-state index contributed by atoms with van der Waals surface area (Å²) in [5.74, 6) is 1.54. The van der Waals surface area contributed by atoms with Crippen molar-refractivity contribution in [1.29, 1.82) is 0 Å². The van der Waals surface area contributed by atoms with Crippen LogP contribution in [-0.4, -0.2) is 0 Å². The summed E-state index contributed by atoms with van der Waals surface area (Å²) in [6.45, 7) is 0.433. The van der Waals surface area contributed by atoms with E-state index in [0.29, 0.717) is 11.6 Å². The molecule has 0 fully saturated rings. The molecule has 0 bridgehead atoms. The van der Waals surface area contributed by atoms with Crippen molar-refractivity contribution < 1.29 is 4.74 Å². The molecule has 0 saturated carbocycles. The molecular weight excluding hydrogens is 349 g/mol. The van der Waals surface area contributed by atoms with Gasteiger partial charge < -0.3 is 10.5 Å². The van der Waals surface area contributed by atoms with Gasteiger partial charge >= 0.3 is 0 Å². The molecule has 2 rings (SSSR count). The standard InChI is InChI=1S/C13H11ClINO/c14-11-7-10(6-5-9(11)8-16)17-13-4-2-1-3-12(13)15/h1-7H,8,16H2. The maximum atomic E-state index is 6.07. The summed E-state index contributed by atoms with van der Waals surface area (Å²) in [4.78, 5) is 0. The van der Waals surface area contributed by atoms with Gasteiger partial charge in [0.25, 0.3) is 0 Å². The van der Waals surface area contributed by atoms with Crippen molar-refractivity contribution in [3.05, 3.63) is 56.6 Å². The van der Waals surface area contributed by atoms with Gasteiger partial charge in [-0.15, -0.1) is 0 Å². The molecule has 4 heteroatoms. The minimum atomic E-state index is 0.433. The summed E-state index contributed by atoms with van der Waals surface area (Å²) in [6, 6.07) is 13.4. The monoisotopic (exact) mass is 359 g/mol. The van der Waals surface area contributed by atoms with Crippen LogP contribution in [0.1, 0.15) is 5.56 Å². The molecule has 2 aromatic carbocycles. The molecule has 0 radical (unpaired) electrons. The second kappa shape index (κ2) is 5.71. The first-order valence-electron chi connectivity index (χ1n) is 5.11. The van der Waals surface area contributed by atoms with E-state index in [0.717, 1.165) is 20.6 Å². The number of halogens is 2. The van der Waals surface area contributed by atoms with Gasteiger partial charge in [-0.1, -0.05) is 29.8 Å². The SMILES string of the molecule is NCc1ccc(Oc2ccccc2I)cc1Cl. The van der Waals surface area contributed by atoms with Gasteiger partial charge in [0.05, 0.1) is 3.57 Å². The Bertz CT molecular complexity index is 531. The molecule has 0 saturated heterocycles. The largest absolute Gasteiger partial charge is 0.456 e. The van der Waals surface area contributed by atoms with Crippen molar-refractivity contribution in [2.24, 2.45) is 5.73 Å². The van der Waals surface area contributed by atoms with Crippen molar-refractivity contribution in [3.63, 3.8) is 0 Å². The van der Waals surface area contributed by atoms with E-state index in [4.69, 9.17) is 22.1 Å². The number of rotatable bonds is 3. The Morgan fingerprint density at radius 1 is 1.18 bits per heavy atom. The van der Waals surface area contributed by atoms with E-state index >= 15 is 0 Å². The van der Waals surface area contributed by atoms with E-state index in [-0.39, 0.29) is 0 Å². The van der Waals surface area contributed by atoms with E-state index in [1.807, 2.05) is 36.4 Å². The fourth-order valence-electron chi connectivity index (χ4n) is 1.41. The van der Waals surface area contributed by atoms with Crippen LogP contribution in [0.4, 0.5) is 0 Å². The summed E-state index contributed by atoms with van der Waals surface area (Å²) in [5, 5.41) is 0.635. The Hall–Kier alpha value is -0.780. The zero-order valence-electron chi connectivity index (χ0n) is 8.99. The van der Waals surface area contributed by atoms with Crippen molar-refractivity contribution in [3.8, 4) is 11.5 Å². The lowest BCUT2D eigenvalue weighted by molar-refractivity contribution is 0.479. The second-order valence-corrected chi connectivity index (χ2v) is 5.06. The third-order valence-corrected chi connectivity index (χ3v) is 3.55. The molecule has 88 valence electrons. The number of ether oxygens (including phenoxy) is 1. The van der Waals surface area contributed by atoms with Crippen LogP contribution in [-0.2, 0) is 6.54 Å². The normalized spacial score (nSPS) is 10.3. The van der Waals surface area contributed by atoms with Crippen LogP contribution in [0.3, 0.4) is 0 Å². The Kier molecular flexibility index (Phi) is 4.25. The Morgan fingerprint density at radius 2 is 1.94 bits per heavy atom. The summed E-state index contributed by atoms with van der Waals surface area (Å²) in [5.41, 5.74) is 6.47. The molecule has 0 aliphatic rings. The molecule has 0 atom stereocenters. The molecule has 0 spiro atoms. The van der Waals surface area contributed by atoms with Crippen molar-refractivity contribution in [2.75, 3.05) is 0 Å². The predicted octanol–water partition coefficient (Wildman–Crippen LogP) is 4.20. The van der Waals surface area contributed by atoms with Gasteiger partial charge in [-0.2, -0.15) is 0 Å². The lowest BCUT2D eigenvalue weighted by Gasteiger charge is -2.09. The third kappa shape index (κ3) is 3.12. The van der Waals surface area contributed by atoms with Crippen LogP contribution in [0.25, 0.3) is 0 Å². The van der Waals surface area contributed by atoms with E-state index < -0.39 is 0 Å². The van der Waals surface area contributed by atoms with Crippen LogP contribution in [0.2, 0.25) is 5.02 Å². The average Bonchev–Trinajstić information content (AvgIpc) is 2.32. The lowest BCUT2D eigenvalue weighted by Crippen LogP contribution is -1.97. The van der Waals surface area contributed by atoms with Crippen molar-refractivity contribution >= 4 is 34.2 Å². The van der Waals surface area contributed by atoms with E-state index in [9.17, 15) is 0 Å². The van der Waals surface area contributed by atoms with Gasteiger partial charge in [-0.3, -0.25) is 0 Å². The first kappa shape index (κ1) is 12.7. The summed E-state index contributed by atoms with van der Waals surface area (Å²) in [7, 11) is 0. The second-order valence-electron chi connectivity index (χ2n) is 3.49. The minimum Gasteiger partial charge on any atom is -0.456 e. The van der Waals surface area contributed by atoms with Crippen LogP contribution in [0.15, 0.2) is 42.5 Å². The number of nitrogens with two attached hydrogens (primary N) is 1. The quantitative estimate of drug-likeness (QED) is 0.834. The maximum absolute atomic E-state index is 6.07. The molecular formula is C13H11ClINO.